The van der Waals surface area contributed by atoms with Crippen LogP contribution in [-0.4, -0.2) is 47.3 Å². The first-order chi connectivity index (χ1) is 10.0. The summed E-state index contributed by atoms with van der Waals surface area (Å²) >= 11 is 0. The Morgan fingerprint density at radius 1 is 1.24 bits per heavy atom. The highest BCUT2D eigenvalue weighted by atomic mass is 16.5. The molecule has 1 aliphatic carbocycles. The van der Waals surface area contributed by atoms with Crippen molar-refractivity contribution in [2.45, 2.75) is 45.3 Å². The van der Waals surface area contributed by atoms with E-state index in [1.165, 1.54) is 12.8 Å². The number of nitrogen functional groups attached to an aromatic ring is 1. The van der Waals surface area contributed by atoms with Crippen LogP contribution in [0.3, 0.4) is 0 Å². The molecule has 2 heterocycles. The fourth-order valence-corrected chi connectivity index (χ4v) is 3.19. The smallest absolute Gasteiger partial charge is 0.231 e. The Morgan fingerprint density at radius 2 is 1.95 bits per heavy atom. The van der Waals surface area contributed by atoms with Gasteiger partial charge in [-0.2, -0.15) is 15.0 Å². The molecule has 2 fully saturated rings. The van der Waals surface area contributed by atoms with Crippen LogP contribution in [0.4, 0.5) is 17.8 Å². The summed E-state index contributed by atoms with van der Waals surface area (Å²) in [4.78, 5) is 15.2. The number of hydrogen-bond donors (Lipinski definition) is 2. The highest BCUT2D eigenvalue weighted by Gasteiger charge is 2.48. The standard InChI is InChI=1S/C14H24N6O/c1-14(2)9(8-10(14)21-3)16-12-17-11(15)18-13(19-12)20-6-4-5-7-20/h9-10H,4-8H2,1-3H3,(H3,15,16,17,18,19). The molecule has 7 nitrogen and oxygen atoms in total. The van der Waals surface area contributed by atoms with Gasteiger partial charge in [0.05, 0.1) is 6.10 Å². The van der Waals surface area contributed by atoms with Gasteiger partial charge in [-0.15, -0.1) is 0 Å². The number of nitrogens with one attached hydrogen (secondary N) is 1. The summed E-state index contributed by atoms with van der Waals surface area (Å²) in [6, 6.07) is 0.288. The largest absolute Gasteiger partial charge is 0.381 e. The molecule has 0 radical (unpaired) electrons. The fraction of sp³-hybridized carbons (Fsp3) is 0.786. The molecule has 1 saturated carbocycles. The van der Waals surface area contributed by atoms with E-state index in [0.29, 0.717) is 11.9 Å². The van der Waals surface area contributed by atoms with E-state index >= 15 is 0 Å². The molecule has 1 aromatic heterocycles. The lowest BCUT2D eigenvalue weighted by atomic mass is 9.64. The van der Waals surface area contributed by atoms with Gasteiger partial charge < -0.3 is 20.7 Å². The number of rotatable bonds is 4. The van der Waals surface area contributed by atoms with Gasteiger partial charge >= 0.3 is 0 Å². The van der Waals surface area contributed by atoms with Crippen LogP contribution in [0.15, 0.2) is 0 Å². The van der Waals surface area contributed by atoms with Crippen molar-refractivity contribution in [2.75, 3.05) is 36.1 Å². The molecule has 1 saturated heterocycles. The second kappa shape index (κ2) is 5.29. The molecule has 1 aliphatic heterocycles. The summed E-state index contributed by atoms with van der Waals surface area (Å²) in [6.07, 6.45) is 3.58. The Bertz CT molecular complexity index is 514. The summed E-state index contributed by atoms with van der Waals surface area (Å²) in [7, 11) is 1.76. The summed E-state index contributed by atoms with van der Waals surface area (Å²) in [5, 5.41) is 3.39. The molecule has 116 valence electrons. The van der Waals surface area contributed by atoms with E-state index in [4.69, 9.17) is 10.5 Å². The highest BCUT2D eigenvalue weighted by Crippen LogP contribution is 2.43. The topological polar surface area (TPSA) is 89.2 Å². The number of anilines is 3. The number of hydrogen-bond acceptors (Lipinski definition) is 7. The van der Waals surface area contributed by atoms with Crippen LogP contribution < -0.4 is 16.0 Å². The minimum absolute atomic E-state index is 0.0595. The van der Waals surface area contributed by atoms with Crippen LogP contribution in [0.5, 0.6) is 0 Å². The molecule has 2 unspecified atom stereocenters. The molecule has 2 aliphatic rings. The van der Waals surface area contributed by atoms with Gasteiger partial charge in [-0.05, 0) is 19.3 Å². The minimum atomic E-state index is 0.0595. The van der Waals surface area contributed by atoms with Gasteiger partial charge in [0.2, 0.25) is 17.8 Å². The van der Waals surface area contributed by atoms with Crippen molar-refractivity contribution < 1.29 is 4.74 Å². The Hall–Kier alpha value is -1.63. The molecular weight excluding hydrogens is 268 g/mol. The molecule has 7 heteroatoms. The summed E-state index contributed by atoms with van der Waals surface area (Å²) < 4.78 is 5.47. The molecule has 0 aromatic carbocycles. The average Bonchev–Trinajstić information content (AvgIpc) is 2.96. The maximum Gasteiger partial charge on any atom is 0.231 e. The molecule has 2 atom stereocenters. The zero-order valence-corrected chi connectivity index (χ0v) is 13.0. The van der Waals surface area contributed by atoms with Crippen molar-refractivity contribution in [3.8, 4) is 0 Å². The van der Waals surface area contributed by atoms with E-state index in [2.05, 4.69) is 39.0 Å². The van der Waals surface area contributed by atoms with Crippen molar-refractivity contribution >= 4 is 17.8 Å². The van der Waals surface area contributed by atoms with Crippen LogP contribution >= 0.6 is 0 Å². The van der Waals surface area contributed by atoms with Gasteiger partial charge in [-0.25, -0.2) is 0 Å². The van der Waals surface area contributed by atoms with Crippen molar-refractivity contribution in [3.05, 3.63) is 0 Å². The zero-order valence-electron chi connectivity index (χ0n) is 13.0. The molecule has 1 aromatic rings. The van der Waals surface area contributed by atoms with E-state index < -0.39 is 0 Å². The van der Waals surface area contributed by atoms with Crippen molar-refractivity contribution in [2.24, 2.45) is 5.41 Å². The van der Waals surface area contributed by atoms with Gasteiger partial charge in [-0.1, -0.05) is 13.8 Å². The van der Waals surface area contributed by atoms with Gasteiger partial charge in [0, 0.05) is 31.7 Å². The van der Waals surface area contributed by atoms with Crippen molar-refractivity contribution in [3.63, 3.8) is 0 Å². The normalized spacial score (nSPS) is 27.5. The Balaban J connectivity index is 1.74. The third-order valence-electron chi connectivity index (χ3n) is 4.80. The number of ether oxygens (including phenoxy) is 1. The molecule has 21 heavy (non-hydrogen) atoms. The maximum absolute atomic E-state index is 5.83. The Kier molecular flexibility index (Phi) is 3.61. The lowest BCUT2D eigenvalue weighted by molar-refractivity contribution is -0.0796. The van der Waals surface area contributed by atoms with E-state index in [1.807, 2.05) is 0 Å². The number of nitrogens with zero attached hydrogens (tertiary/aromatic N) is 4. The average molecular weight is 292 g/mol. The molecule has 0 bridgehead atoms. The molecule has 0 amide bonds. The van der Waals surface area contributed by atoms with E-state index in [0.717, 1.165) is 19.5 Å². The summed E-state index contributed by atoms with van der Waals surface area (Å²) in [6.45, 7) is 6.36. The van der Waals surface area contributed by atoms with E-state index in [-0.39, 0.29) is 23.5 Å². The highest BCUT2D eigenvalue weighted by molar-refractivity contribution is 5.43. The van der Waals surface area contributed by atoms with Crippen LogP contribution in [0, 0.1) is 5.41 Å². The SMILES string of the molecule is COC1CC(Nc2nc(N)nc(N3CCCC3)n2)C1(C)C. The maximum atomic E-state index is 5.83. The molecular formula is C14H24N6O. The predicted octanol–water partition coefficient (Wildman–Crippen LogP) is 1.28. The van der Waals surface area contributed by atoms with Crippen LogP contribution in [0.2, 0.25) is 0 Å². The minimum Gasteiger partial charge on any atom is -0.381 e. The van der Waals surface area contributed by atoms with E-state index in [9.17, 15) is 0 Å². The molecule has 3 rings (SSSR count). The van der Waals surface area contributed by atoms with Crippen molar-refractivity contribution in [1.29, 1.82) is 0 Å². The lowest BCUT2D eigenvalue weighted by Gasteiger charge is -2.51. The second-order valence-corrected chi connectivity index (χ2v) is 6.49. The van der Waals surface area contributed by atoms with Crippen LogP contribution in [0.1, 0.15) is 33.1 Å². The number of nitrogens with two attached hydrogens (primary N) is 1. The molecule has 3 N–H and O–H groups in total. The zero-order chi connectivity index (χ0) is 15.0. The van der Waals surface area contributed by atoms with Crippen LogP contribution in [-0.2, 0) is 4.74 Å². The third kappa shape index (κ3) is 2.62. The van der Waals surface area contributed by atoms with Crippen molar-refractivity contribution in [1.82, 2.24) is 15.0 Å². The Labute approximate surface area is 125 Å². The third-order valence-corrected chi connectivity index (χ3v) is 4.80. The summed E-state index contributed by atoms with van der Waals surface area (Å²) in [5.41, 5.74) is 5.89. The number of methoxy groups -OCH3 is 1. The predicted molar refractivity (Wildman–Crippen MR) is 82.3 cm³/mol. The van der Waals surface area contributed by atoms with E-state index in [1.54, 1.807) is 7.11 Å². The Morgan fingerprint density at radius 3 is 2.57 bits per heavy atom. The molecule has 0 spiro atoms. The lowest BCUT2D eigenvalue weighted by Crippen LogP contribution is -2.57. The van der Waals surface area contributed by atoms with Gasteiger partial charge in [0.1, 0.15) is 0 Å². The first-order valence-electron chi connectivity index (χ1n) is 7.56. The fourth-order valence-electron chi connectivity index (χ4n) is 3.19. The quantitative estimate of drug-likeness (QED) is 0.864. The monoisotopic (exact) mass is 292 g/mol. The second-order valence-electron chi connectivity index (χ2n) is 6.49. The first-order valence-corrected chi connectivity index (χ1v) is 7.56. The summed E-state index contributed by atoms with van der Waals surface area (Å²) in [5.74, 6) is 1.52. The van der Waals surface area contributed by atoms with Gasteiger partial charge in [-0.3, -0.25) is 0 Å². The van der Waals surface area contributed by atoms with Gasteiger partial charge in [0.25, 0.3) is 0 Å². The number of aromatic nitrogens is 3. The van der Waals surface area contributed by atoms with Crippen LogP contribution in [0.25, 0.3) is 0 Å². The first kappa shape index (κ1) is 14.3. The van der Waals surface area contributed by atoms with Gasteiger partial charge in [0.15, 0.2) is 0 Å².